The van der Waals surface area contributed by atoms with E-state index < -0.39 is 46.6 Å². The summed E-state index contributed by atoms with van der Waals surface area (Å²) in [4.78, 5) is 82.2. The van der Waals surface area contributed by atoms with Crippen LogP contribution < -0.4 is 24.3 Å². The largest absolute Gasteiger partial charge is 0.513 e. The molecule has 19 heteroatoms. The Morgan fingerprint density at radius 2 is 1.12 bits per heavy atom. The maximum absolute atomic E-state index is 13.4. The Morgan fingerprint density at radius 1 is 0.622 bits per heavy atom. The van der Waals surface area contributed by atoms with Gasteiger partial charge in [0.2, 0.25) is 5.91 Å². The van der Waals surface area contributed by atoms with Crippen molar-refractivity contribution in [3.63, 3.8) is 0 Å². The Labute approximate surface area is 429 Å². The van der Waals surface area contributed by atoms with Crippen LogP contribution in [-0.4, -0.2) is 163 Å². The third-order valence-electron chi connectivity index (χ3n) is 18.3. The van der Waals surface area contributed by atoms with Crippen molar-refractivity contribution in [2.24, 2.45) is 11.8 Å². The van der Waals surface area contributed by atoms with Crippen molar-refractivity contribution in [3.8, 4) is 23.0 Å². The van der Waals surface area contributed by atoms with E-state index in [0.29, 0.717) is 74.9 Å². The van der Waals surface area contributed by atoms with E-state index in [1.54, 1.807) is 12.1 Å². The fourth-order valence-electron chi connectivity index (χ4n) is 14.6. The second-order valence-electron chi connectivity index (χ2n) is 22.5. The normalized spacial score (nSPS) is 31.6. The first-order valence-corrected chi connectivity index (χ1v) is 27.1. The molecule has 398 valence electrons. The molecular weight excluding hydrogens is 959 g/mol. The summed E-state index contributed by atoms with van der Waals surface area (Å²) in [6.07, 6.45) is 5.41. The van der Waals surface area contributed by atoms with Gasteiger partial charge in [-0.2, -0.15) is 0 Å². The molecule has 4 heterocycles. The average Bonchev–Trinajstić information content (AvgIpc) is 4.31. The van der Waals surface area contributed by atoms with Gasteiger partial charge in [0, 0.05) is 75.1 Å². The van der Waals surface area contributed by atoms with Gasteiger partial charge in [-0.05, 0) is 119 Å². The molecule has 1 amide bonds. The highest BCUT2D eigenvalue weighted by Crippen LogP contribution is 2.67. The average molecular weight is 1030 g/mol. The van der Waals surface area contributed by atoms with Crippen molar-refractivity contribution in [2.45, 2.75) is 149 Å². The van der Waals surface area contributed by atoms with Gasteiger partial charge in [-0.25, -0.2) is 9.59 Å². The van der Waals surface area contributed by atoms with Crippen molar-refractivity contribution < 1.29 is 76.9 Å². The highest BCUT2D eigenvalue weighted by molar-refractivity contribution is 5.91. The van der Waals surface area contributed by atoms with E-state index in [9.17, 15) is 39.0 Å². The van der Waals surface area contributed by atoms with Gasteiger partial charge in [0.15, 0.2) is 46.8 Å². The Kier molecular flexibility index (Phi) is 13.0. The summed E-state index contributed by atoms with van der Waals surface area (Å²) in [7, 11) is 0. The number of ketones is 3. The summed E-state index contributed by atoms with van der Waals surface area (Å²) >= 11 is 0. The molecule has 2 saturated heterocycles. The minimum atomic E-state index is -1.13. The third kappa shape index (κ3) is 8.38. The molecule has 2 spiro atoms. The van der Waals surface area contributed by atoms with Crippen molar-refractivity contribution in [1.29, 1.82) is 0 Å². The number of hydrogen-bond acceptors (Lipinski definition) is 18. The summed E-state index contributed by atoms with van der Waals surface area (Å²) in [5.74, 6) is 1.69. The Hall–Kier alpha value is -5.18. The van der Waals surface area contributed by atoms with E-state index in [1.165, 1.54) is 25.7 Å². The minimum Gasteiger partial charge on any atom is -0.477 e. The van der Waals surface area contributed by atoms with Crippen LogP contribution in [0.3, 0.4) is 0 Å². The second-order valence-corrected chi connectivity index (χ2v) is 22.5. The summed E-state index contributed by atoms with van der Waals surface area (Å²) in [5.41, 5.74) is -0.463. The number of ether oxygens (including phenoxy) is 8. The lowest BCUT2D eigenvalue weighted by molar-refractivity contribution is -0.188. The molecule has 2 aromatic rings. The molecule has 2 aromatic carbocycles. The molecule has 6 aliphatic carbocycles. The number of hydrogen-bond donors (Lipinski definition) is 3. The first-order chi connectivity index (χ1) is 35.8. The molecule has 8 atom stereocenters. The molecule has 4 saturated carbocycles. The minimum absolute atomic E-state index is 0.00179. The predicted octanol–water partition coefficient (Wildman–Crippen LogP) is 3.96. The number of carbonyl (C=O) groups excluding carboxylic acids is 6. The van der Waals surface area contributed by atoms with Gasteiger partial charge in [-0.1, -0.05) is 12.1 Å². The van der Waals surface area contributed by atoms with Crippen LogP contribution in [0.4, 0.5) is 9.59 Å². The standard InChI is InChI=1S/C55H67N3O16/c59-36(13-23-69-50(63)71-39-9-7-34-28-41-54(65)15-11-37(60)48-52(54,44(34)46(39)73-48)17-20-57(41)30-32-3-4-32)2-1-22-67-26-27-68-25-19-56-43(62)14-24-70-51(64)72-40-10-8-35-29-42-55(66)16-12-38(61)49-53(55,45(35)47(40)74-49)18-21-58(42)31-33-5-6-33/h7-10,32-33,41-42,48-49,65-66H,1-6,11-31H2,(H,56,62)/t41-,42-,48+,49+,52+,53+,54-,55-/m0/s1. The lowest BCUT2D eigenvalue weighted by atomic mass is 9.49. The molecule has 10 aliphatic rings. The summed E-state index contributed by atoms with van der Waals surface area (Å²) in [6.45, 7) is 4.38. The molecule has 4 bridgehead atoms. The van der Waals surface area contributed by atoms with E-state index in [4.69, 9.17) is 37.9 Å². The number of nitrogens with one attached hydrogen (secondary N) is 1. The lowest BCUT2D eigenvalue weighted by Gasteiger charge is -2.62. The van der Waals surface area contributed by atoms with Crippen LogP contribution >= 0.6 is 0 Å². The van der Waals surface area contributed by atoms with Gasteiger partial charge in [0.05, 0.1) is 48.3 Å². The highest BCUT2D eigenvalue weighted by atomic mass is 16.7. The fourth-order valence-corrected chi connectivity index (χ4v) is 14.6. The van der Waals surface area contributed by atoms with Crippen LogP contribution in [0.5, 0.6) is 23.0 Å². The van der Waals surface area contributed by atoms with Crippen LogP contribution in [0.1, 0.15) is 112 Å². The number of amides is 1. The van der Waals surface area contributed by atoms with Crippen LogP contribution in [0.25, 0.3) is 0 Å². The first-order valence-electron chi connectivity index (χ1n) is 27.1. The van der Waals surface area contributed by atoms with Crippen molar-refractivity contribution in [3.05, 3.63) is 46.5 Å². The zero-order valence-electron chi connectivity index (χ0n) is 41.9. The molecule has 6 fully saturated rings. The third-order valence-corrected chi connectivity index (χ3v) is 18.3. The summed E-state index contributed by atoms with van der Waals surface area (Å²) < 4.78 is 45.5. The van der Waals surface area contributed by atoms with Crippen LogP contribution in [0.2, 0.25) is 0 Å². The maximum atomic E-state index is 13.4. The topological polar surface area (TPSA) is 235 Å². The monoisotopic (exact) mass is 1030 g/mol. The van der Waals surface area contributed by atoms with Gasteiger partial charge in [0.25, 0.3) is 0 Å². The molecule has 4 aliphatic heterocycles. The Bertz CT molecular complexity index is 2440. The summed E-state index contributed by atoms with van der Waals surface area (Å²) in [6, 6.07) is 6.92. The summed E-state index contributed by atoms with van der Waals surface area (Å²) in [5, 5.41) is 27.7. The maximum Gasteiger partial charge on any atom is 0.513 e. The zero-order valence-corrected chi connectivity index (χ0v) is 41.9. The van der Waals surface area contributed by atoms with E-state index >= 15 is 0 Å². The quantitative estimate of drug-likeness (QED) is 0.0860. The van der Waals surface area contributed by atoms with Crippen molar-refractivity contribution in [2.75, 3.05) is 72.4 Å². The van der Waals surface area contributed by atoms with Gasteiger partial charge in [-0.15, -0.1) is 0 Å². The van der Waals surface area contributed by atoms with Crippen LogP contribution in [-0.2, 0) is 61.8 Å². The number of aliphatic hydroxyl groups is 2. The molecule has 0 radical (unpaired) electrons. The van der Waals surface area contributed by atoms with E-state index in [0.717, 1.165) is 48.4 Å². The number of rotatable bonds is 22. The van der Waals surface area contributed by atoms with E-state index in [2.05, 4.69) is 15.1 Å². The number of carbonyl (C=O) groups is 6. The smallest absolute Gasteiger partial charge is 0.477 e. The van der Waals surface area contributed by atoms with Crippen molar-refractivity contribution in [1.82, 2.24) is 15.1 Å². The number of benzene rings is 2. The van der Waals surface area contributed by atoms with Crippen molar-refractivity contribution >= 4 is 35.6 Å². The second kappa shape index (κ2) is 19.4. The molecule has 74 heavy (non-hydrogen) atoms. The molecule has 12 rings (SSSR count). The number of likely N-dealkylation sites (tertiary alicyclic amines) is 2. The number of nitrogens with zero attached hydrogens (tertiary/aromatic N) is 2. The molecule has 0 aromatic heterocycles. The first kappa shape index (κ1) is 49.7. The number of piperidine rings is 2. The lowest BCUT2D eigenvalue weighted by Crippen LogP contribution is -2.76. The van der Waals surface area contributed by atoms with Gasteiger partial charge >= 0.3 is 12.3 Å². The molecular formula is C55H67N3O16. The number of Topliss-reactive ketones (excluding diaryl/α,β-unsaturated/α-hetero) is 3. The highest BCUT2D eigenvalue weighted by Gasteiger charge is 2.75. The molecule has 19 nitrogen and oxygen atoms in total. The Morgan fingerprint density at radius 3 is 1.64 bits per heavy atom. The zero-order chi connectivity index (χ0) is 51.0. The van der Waals surface area contributed by atoms with E-state index in [1.807, 2.05) is 12.1 Å². The van der Waals surface area contributed by atoms with Crippen LogP contribution in [0.15, 0.2) is 24.3 Å². The molecule has 3 N–H and O–H groups in total. The Balaban J connectivity index is 0.511. The fraction of sp³-hybridized carbons (Fsp3) is 0.673. The van der Waals surface area contributed by atoms with Gasteiger partial charge < -0.3 is 53.4 Å². The van der Waals surface area contributed by atoms with E-state index in [-0.39, 0.29) is 119 Å². The SMILES string of the molecule is O=C(CCCOCCOCCNC(=O)CCOC(=O)Oc1ccc2c3c1O[C@@H]1C(=O)CC[C@]4(O)[C@H](C2)N(CC2CC2)CC[C@@]314)CCOC(=O)Oc1ccc2c3c1O[C@@H]1C(=O)CC[C@]4(O)[C@H](C2)N(CC2CC2)CC[C@@]314. The van der Waals surface area contributed by atoms with Crippen LogP contribution in [0, 0.1) is 11.8 Å². The molecule has 0 unspecified atom stereocenters. The van der Waals surface area contributed by atoms with Gasteiger partial charge in [0.1, 0.15) is 19.0 Å². The predicted molar refractivity (Wildman–Crippen MR) is 258 cm³/mol. The van der Waals surface area contributed by atoms with Gasteiger partial charge in [-0.3, -0.25) is 29.0 Å².